The van der Waals surface area contributed by atoms with Gasteiger partial charge in [-0.15, -0.1) is 0 Å². The number of rotatable bonds is 5. The second kappa shape index (κ2) is 6.64. The van der Waals surface area contributed by atoms with Crippen LogP contribution in [0.4, 0.5) is 21.8 Å². The summed E-state index contributed by atoms with van der Waals surface area (Å²) in [6.07, 6.45) is 5.64. The largest absolute Gasteiger partial charge is 0.351 e. The maximum absolute atomic E-state index is 14.0. The minimum absolute atomic E-state index is 0.265. The highest BCUT2D eigenvalue weighted by molar-refractivity contribution is 6.30. The molecule has 0 saturated heterocycles. The summed E-state index contributed by atoms with van der Waals surface area (Å²) in [5, 5.41) is 6.71. The molecule has 3 aromatic rings. The summed E-state index contributed by atoms with van der Waals surface area (Å²) in [6, 6.07) is 10.3. The molecule has 1 aliphatic rings. The van der Waals surface area contributed by atoms with Gasteiger partial charge in [0.25, 0.3) is 0 Å². The first-order chi connectivity index (χ1) is 12.2. The van der Waals surface area contributed by atoms with Crippen LogP contribution in [0, 0.1) is 5.82 Å². The van der Waals surface area contributed by atoms with Gasteiger partial charge in [-0.1, -0.05) is 11.6 Å². The van der Waals surface area contributed by atoms with Gasteiger partial charge in [0.1, 0.15) is 11.6 Å². The fourth-order valence-electron chi connectivity index (χ4n) is 2.38. The van der Waals surface area contributed by atoms with Crippen LogP contribution in [-0.2, 0) is 0 Å². The predicted octanol–water partition coefficient (Wildman–Crippen LogP) is 4.65. The van der Waals surface area contributed by atoms with Gasteiger partial charge in [0.05, 0.1) is 11.4 Å². The zero-order valence-corrected chi connectivity index (χ0v) is 14.0. The molecule has 0 bridgehead atoms. The molecule has 1 saturated carbocycles. The summed E-state index contributed by atoms with van der Waals surface area (Å²) >= 11 is 5.96. The average Bonchev–Trinajstić information content (AvgIpc) is 3.43. The quantitative estimate of drug-likeness (QED) is 0.697. The van der Waals surface area contributed by atoms with Crippen molar-refractivity contribution in [2.24, 2.45) is 0 Å². The van der Waals surface area contributed by atoms with Gasteiger partial charge in [-0.25, -0.2) is 9.37 Å². The normalized spacial score (nSPS) is 13.5. The first-order valence-corrected chi connectivity index (χ1v) is 8.33. The molecule has 0 spiro atoms. The molecule has 0 radical (unpaired) electrons. The van der Waals surface area contributed by atoms with E-state index in [0.717, 1.165) is 18.4 Å². The summed E-state index contributed by atoms with van der Waals surface area (Å²) in [6.45, 7) is 0. The first-order valence-electron chi connectivity index (χ1n) is 7.95. The van der Waals surface area contributed by atoms with E-state index in [4.69, 9.17) is 11.6 Å². The van der Waals surface area contributed by atoms with E-state index in [1.165, 1.54) is 18.2 Å². The Kier molecular flexibility index (Phi) is 4.19. The van der Waals surface area contributed by atoms with Crippen molar-refractivity contribution in [2.75, 3.05) is 10.6 Å². The van der Waals surface area contributed by atoms with Crippen LogP contribution in [0.25, 0.3) is 11.3 Å². The molecule has 2 N–H and O–H groups in total. The lowest BCUT2D eigenvalue weighted by atomic mass is 10.2. The number of benzene rings is 1. The highest BCUT2D eigenvalue weighted by Gasteiger charge is 2.22. The van der Waals surface area contributed by atoms with Crippen LogP contribution in [0.3, 0.4) is 0 Å². The molecule has 126 valence electrons. The smallest absolute Gasteiger partial charge is 0.225 e. The van der Waals surface area contributed by atoms with Gasteiger partial charge >= 0.3 is 0 Å². The number of aromatic nitrogens is 3. The lowest BCUT2D eigenvalue weighted by Gasteiger charge is -2.12. The maximum atomic E-state index is 14.0. The fraction of sp³-hybridized carbons (Fsp3) is 0.167. The molecule has 1 fully saturated rings. The minimum Gasteiger partial charge on any atom is -0.351 e. The number of halogens is 2. The van der Waals surface area contributed by atoms with Gasteiger partial charge < -0.3 is 10.6 Å². The van der Waals surface area contributed by atoms with Crippen molar-refractivity contribution in [1.82, 2.24) is 15.0 Å². The zero-order chi connectivity index (χ0) is 17.2. The third-order valence-corrected chi connectivity index (χ3v) is 4.02. The van der Waals surface area contributed by atoms with Crippen LogP contribution >= 0.6 is 11.6 Å². The molecule has 0 atom stereocenters. The molecule has 0 aliphatic heterocycles. The highest BCUT2D eigenvalue weighted by atomic mass is 35.5. The van der Waals surface area contributed by atoms with Crippen LogP contribution < -0.4 is 10.6 Å². The lowest BCUT2D eigenvalue weighted by molar-refractivity contribution is 0.632. The van der Waals surface area contributed by atoms with E-state index in [-0.39, 0.29) is 5.69 Å². The van der Waals surface area contributed by atoms with Gasteiger partial charge in [0.2, 0.25) is 5.95 Å². The predicted molar refractivity (Wildman–Crippen MR) is 96.6 cm³/mol. The van der Waals surface area contributed by atoms with Gasteiger partial charge in [-0.05, 0) is 43.2 Å². The van der Waals surface area contributed by atoms with Crippen LogP contribution in [0.5, 0.6) is 0 Å². The van der Waals surface area contributed by atoms with E-state index in [2.05, 4.69) is 25.6 Å². The summed E-state index contributed by atoms with van der Waals surface area (Å²) in [5.41, 5.74) is 1.83. The van der Waals surface area contributed by atoms with Crippen molar-refractivity contribution in [3.63, 3.8) is 0 Å². The van der Waals surface area contributed by atoms with E-state index in [9.17, 15) is 4.39 Å². The van der Waals surface area contributed by atoms with Gasteiger partial charge in [0, 0.05) is 35.1 Å². The van der Waals surface area contributed by atoms with Crippen molar-refractivity contribution in [3.8, 4) is 11.3 Å². The van der Waals surface area contributed by atoms with E-state index in [1.54, 1.807) is 18.5 Å². The summed E-state index contributed by atoms with van der Waals surface area (Å²) < 4.78 is 14.0. The number of anilines is 3. The Morgan fingerprint density at radius 1 is 1.12 bits per heavy atom. The second-order valence-corrected chi connectivity index (χ2v) is 6.31. The summed E-state index contributed by atoms with van der Waals surface area (Å²) in [5.74, 6) is 0.592. The van der Waals surface area contributed by atoms with Crippen LogP contribution in [0.1, 0.15) is 12.8 Å². The number of nitrogens with zero attached hydrogens (tertiary/aromatic N) is 3. The van der Waals surface area contributed by atoms with Crippen molar-refractivity contribution >= 4 is 29.1 Å². The SMILES string of the molecule is Fc1ccc(Cl)cc1Nc1cc(-c2cccnc2)nc(NC2CC2)n1. The molecular weight excluding hydrogens is 341 g/mol. The molecule has 1 aromatic carbocycles. The standard InChI is InChI=1S/C18H15ClFN5/c19-12-3-6-14(20)16(8-12)23-17-9-15(11-2-1-7-21-10-11)24-18(25-17)22-13-4-5-13/h1-3,6-10,13H,4-5H2,(H2,22,23,24,25). The van der Waals surface area contributed by atoms with Crippen molar-refractivity contribution in [1.29, 1.82) is 0 Å². The Morgan fingerprint density at radius 3 is 2.76 bits per heavy atom. The Bertz CT molecular complexity index is 899. The number of nitrogens with one attached hydrogen (secondary N) is 2. The Hall–Kier alpha value is -2.73. The molecule has 7 heteroatoms. The van der Waals surface area contributed by atoms with E-state index in [1.807, 2.05) is 12.1 Å². The van der Waals surface area contributed by atoms with Crippen LogP contribution in [-0.4, -0.2) is 21.0 Å². The lowest BCUT2D eigenvalue weighted by Crippen LogP contribution is -2.08. The van der Waals surface area contributed by atoms with Crippen molar-refractivity contribution in [3.05, 3.63) is 59.6 Å². The van der Waals surface area contributed by atoms with Crippen LogP contribution in [0.15, 0.2) is 48.8 Å². The topological polar surface area (TPSA) is 62.7 Å². The number of hydrogen-bond donors (Lipinski definition) is 2. The van der Waals surface area contributed by atoms with Crippen LogP contribution in [0.2, 0.25) is 5.02 Å². The van der Waals surface area contributed by atoms with E-state index >= 15 is 0 Å². The number of hydrogen-bond acceptors (Lipinski definition) is 5. The Morgan fingerprint density at radius 2 is 2.00 bits per heavy atom. The Balaban J connectivity index is 1.71. The second-order valence-electron chi connectivity index (χ2n) is 5.87. The molecular formula is C18H15ClFN5. The summed E-state index contributed by atoms with van der Waals surface area (Å²) in [7, 11) is 0. The molecule has 5 nitrogen and oxygen atoms in total. The monoisotopic (exact) mass is 355 g/mol. The third kappa shape index (κ3) is 3.85. The van der Waals surface area contributed by atoms with E-state index < -0.39 is 5.82 Å². The fourth-order valence-corrected chi connectivity index (χ4v) is 2.55. The molecule has 25 heavy (non-hydrogen) atoms. The molecule has 2 heterocycles. The number of pyridine rings is 1. The highest BCUT2D eigenvalue weighted by Crippen LogP contribution is 2.28. The average molecular weight is 356 g/mol. The Labute approximate surface area is 149 Å². The minimum atomic E-state index is -0.400. The maximum Gasteiger partial charge on any atom is 0.225 e. The molecule has 4 rings (SSSR count). The summed E-state index contributed by atoms with van der Waals surface area (Å²) in [4.78, 5) is 13.1. The van der Waals surface area contributed by atoms with Crippen molar-refractivity contribution < 1.29 is 4.39 Å². The van der Waals surface area contributed by atoms with Gasteiger partial charge in [0.15, 0.2) is 0 Å². The zero-order valence-electron chi connectivity index (χ0n) is 13.2. The van der Waals surface area contributed by atoms with Gasteiger partial charge in [-0.3, -0.25) is 4.98 Å². The first kappa shape index (κ1) is 15.8. The molecule has 0 unspecified atom stereocenters. The molecule has 0 amide bonds. The van der Waals surface area contributed by atoms with Gasteiger partial charge in [-0.2, -0.15) is 4.98 Å². The molecule has 2 aromatic heterocycles. The van der Waals surface area contributed by atoms with Crippen molar-refractivity contribution in [2.45, 2.75) is 18.9 Å². The third-order valence-electron chi connectivity index (χ3n) is 3.79. The van der Waals surface area contributed by atoms with E-state index in [0.29, 0.717) is 28.5 Å². The molecule has 1 aliphatic carbocycles.